The van der Waals surface area contributed by atoms with E-state index in [0.717, 1.165) is 0 Å². The van der Waals surface area contributed by atoms with E-state index < -0.39 is 0 Å². The number of hydrogen-bond acceptors (Lipinski definition) is 3. The number of rotatable bonds is 4. The van der Waals surface area contributed by atoms with Gasteiger partial charge in [-0.05, 0) is 48.0 Å². The van der Waals surface area contributed by atoms with Gasteiger partial charge in [0.1, 0.15) is 18.0 Å². The van der Waals surface area contributed by atoms with E-state index >= 15 is 0 Å². The second-order valence-electron chi connectivity index (χ2n) is 4.44. The number of ketones is 1. The minimum absolute atomic E-state index is 0.123. The summed E-state index contributed by atoms with van der Waals surface area (Å²) in [7, 11) is 0. The maximum Gasteiger partial charge on any atom is 0.171 e. The Labute approximate surface area is 118 Å². The molecule has 100 valence electrons. The van der Waals surface area contributed by atoms with Gasteiger partial charge in [-0.15, -0.1) is 0 Å². The van der Waals surface area contributed by atoms with E-state index in [1.54, 1.807) is 4.68 Å². The van der Waals surface area contributed by atoms with Crippen molar-refractivity contribution in [1.82, 2.24) is 14.8 Å². The van der Waals surface area contributed by atoms with Crippen LogP contribution in [0.5, 0.6) is 0 Å². The van der Waals surface area contributed by atoms with E-state index in [0.29, 0.717) is 15.9 Å². The van der Waals surface area contributed by atoms with Crippen molar-refractivity contribution in [2.24, 2.45) is 0 Å². The smallest absolute Gasteiger partial charge is 0.171 e. The van der Waals surface area contributed by atoms with E-state index in [4.69, 9.17) is 0 Å². The van der Waals surface area contributed by atoms with E-state index in [1.165, 1.54) is 24.5 Å². The number of halogens is 2. The van der Waals surface area contributed by atoms with Crippen LogP contribution >= 0.6 is 15.9 Å². The fourth-order valence-electron chi connectivity index (χ4n) is 1.79. The first-order chi connectivity index (χ1) is 8.99. The monoisotopic (exact) mass is 325 g/mol. The summed E-state index contributed by atoms with van der Waals surface area (Å²) in [4.78, 5) is 16.3. The summed E-state index contributed by atoms with van der Waals surface area (Å²) < 4.78 is 15.1. The third-order valence-corrected chi connectivity index (χ3v) is 3.34. The van der Waals surface area contributed by atoms with Gasteiger partial charge in [0, 0.05) is 16.1 Å². The molecule has 0 radical (unpaired) electrons. The minimum Gasteiger partial charge on any atom is -0.294 e. The van der Waals surface area contributed by atoms with Gasteiger partial charge in [0.25, 0.3) is 0 Å². The number of nitrogens with zero attached hydrogens (tertiary/aromatic N) is 3. The normalized spacial score (nSPS) is 11.0. The van der Waals surface area contributed by atoms with Gasteiger partial charge < -0.3 is 0 Å². The van der Waals surface area contributed by atoms with E-state index in [2.05, 4.69) is 26.0 Å². The Morgan fingerprint density at radius 3 is 2.84 bits per heavy atom. The number of carbonyl (C=O) groups excluding carboxylic acids is 1. The van der Waals surface area contributed by atoms with Gasteiger partial charge in [-0.3, -0.25) is 4.79 Å². The Morgan fingerprint density at radius 1 is 1.47 bits per heavy atom. The Kier molecular flexibility index (Phi) is 4.09. The fourth-order valence-corrected chi connectivity index (χ4v) is 2.36. The van der Waals surface area contributed by atoms with Crippen LogP contribution in [0.1, 0.15) is 36.1 Å². The first-order valence-electron chi connectivity index (χ1n) is 5.85. The molecule has 0 atom stereocenters. The molecule has 19 heavy (non-hydrogen) atoms. The lowest BCUT2D eigenvalue weighted by Gasteiger charge is -2.09. The van der Waals surface area contributed by atoms with Crippen molar-refractivity contribution in [2.45, 2.75) is 26.3 Å². The van der Waals surface area contributed by atoms with Crippen molar-refractivity contribution in [3.8, 4) is 0 Å². The van der Waals surface area contributed by atoms with Crippen LogP contribution in [0.15, 0.2) is 29.0 Å². The molecule has 0 saturated heterocycles. The second kappa shape index (κ2) is 5.61. The van der Waals surface area contributed by atoms with Crippen molar-refractivity contribution in [1.29, 1.82) is 0 Å². The molecule has 0 N–H and O–H groups in total. The Hall–Kier alpha value is -1.56. The molecule has 2 rings (SSSR count). The van der Waals surface area contributed by atoms with Gasteiger partial charge in [-0.1, -0.05) is 0 Å². The van der Waals surface area contributed by atoms with Crippen LogP contribution in [-0.2, 0) is 6.42 Å². The number of carbonyl (C=O) groups is 1. The van der Waals surface area contributed by atoms with Crippen LogP contribution in [-0.4, -0.2) is 20.5 Å². The minimum atomic E-state index is -0.381. The van der Waals surface area contributed by atoms with Crippen LogP contribution in [0, 0.1) is 5.82 Å². The highest BCUT2D eigenvalue weighted by molar-refractivity contribution is 9.10. The van der Waals surface area contributed by atoms with Crippen molar-refractivity contribution in [3.63, 3.8) is 0 Å². The summed E-state index contributed by atoms with van der Waals surface area (Å²) in [5.74, 6) is 0.103. The van der Waals surface area contributed by atoms with Gasteiger partial charge in [0.2, 0.25) is 0 Å². The van der Waals surface area contributed by atoms with Crippen LogP contribution in [0.25, 0.3) is 0 Å². The van der Waals surface area contributed by atoms with Gasteiger partial charge in [0.05, 0.1) is 6.42 Å². The maximum atomic E-state index is 13.0. The van der Waals surface area contributed by atoms with Gasteiger partial charge in [-0.25, -0.2) is 14.1 Å². The Bertz CT molecular complexity index is 610. The van der Waals surface area contributed by atoms with Crippen LogP contribution < -0.4 is 0 Å². The zero-order valence-electron chi connectivity index (χ0n) is 10.6. The molecule has 1 heterocycles. The predicted octanol–water partition coefficient (Wildman–Crippen LogP) is 3.19. The highest BCUT2D eigenvalue weighted by Crippen LogP contribution is 2.20. The number of aromatic nitrogens is 3. The SMILES string of the molecule is CC(C)n1ncnc1CC(=O)c1ccc(F)cc1Br. The summed E-state index contributed by atoms with van der Waals surface area (Å²) in [5, 5.41) is 4.08. The lowest BCUT2D eigenvalue weighted by atomic mass is 10.1. The zero-order chi connectivity index (χ0) is 14.0. The van der Waals surface area contributed by atoms with Crippen molar-refractivity contribution in [3.05, 3.63) is 46.2 Å². The van der Waals surface area contributed by atoms with Crippen molar-refractivity contribution >= 4 is 21.7 Å². The topological polar surface area (TPSA) is 47.8 Å². The summed E-state index contributed by atoms with van der Waals surface area (Å²) in [6.45, 7) is 3.94. The Balaban J connectivity index is 2.23. The molecule has 0 saturated carbocycles. The second-order valence-corrected chi connectivity index (χ2v) is 5.29. The van der Waals surface area contributed by atoms with Crippen LogP contribution in [0.4, 0.5) is 4.39 Å². The van der Waals surface area contributed by atoms with Crippen LogP contribution in [0.2, 0.25) is 0 Å². The highest BCUT2D eigenvalue weighted by Gasteiger charge is 2.16. The standard InChI is InChI=1S/C13H13BrFN3O/c1-8(2)18-13(16-7-17-18)6-12(19)10-4-3-9(15)5-11(10)14/h3-5,7-8H,6H2,1-2H3. The number of hydrogen-bond donors (Lipinski definition) is 0. The van der Waals surface area contributed by atoms with Gasteiger partial charge >= 0.3 is 0 Å². The molecule has 1 aromatic heterocycles. The molecule has 0 spiro atoms. The molecule has 6 heteroatoms. The van der Waals surface area contributed by atoms with Gasteiger partial charge in [0.15, 0.2) is 5.78 Å². The largest absolute Gasteiger partial charge is 0.294 e. The highest BCUT2D eigenvalue weighted by atomic mass is 79.9. The number of benzene rings is 1. The molecular weight excluding hydrogens is 313 g/mol. The summed E-state index contributed by atoms with van der Waals surface area (Å²) in [6, 6.07) is 4.16. The molecule has 1 aromatic carbocycles. The molecule has 2 aromatic rings. The molecule has 0 fully saturated rings. The average molecular weight is 326 g/mol. The molecule has 0 unspecified atom stereocenters. The summed E-state index contributed by atoms with van der Waals surface area (Å²) >= 11 is 3.20. The molecule has 0 amide bonds. The van der Waals surface area contributed by atoms with E-state index in [-0.39, 0.29) is 24.1 Å². The van der Waals surface area contributed by atoms with Crippen LogP contribution in [0.3, 0.4) is 0 Å². The lowest BCUT2D eigenvalue weighted by molar-refractivity contribution is 0.0988. The number of Topliss-reactive ketones (excluding diaryl/α,β-unsaturated/α-hetero) is 1. The third kappa shape index (κ3) is 3.07. The molecule has 0 aliphatic heterocycles. The van der Waals surface area contributed by atoms with E-state index in [9.17, 15) is 9.18 Å². The molecule has 0 bridgehead atoms. The lowest BCUT2D eigenvalue weighted by Crippen LogP contribution is -2.13. The molecule has 0 aliphatic carbocycles. The molecular formula is C13H13BrFN3O. The third-order valence-electron chi connectivity index (χ3n) is 2.69. The average Bonchev–Trinajstić information content (AvgIpc) is 2.76. The molecule has 4 nitrogen and oxygen atoms in total. The zero-order valence-corrected chi connectivity index (χ0v) is 12.2. The first kappa shape index (κ1) is 13.9. The fraction of sp³-hybridized carbons (Fsp3) is 0.308. The Morgan fingerprint density at radius 2 is 2.21 bits per heavy atom. The maximum absolute atomic E-state index is 13.0. The summed E-state index contributed by atoms with van der Waals surface area (Å²) in [6.07, 6.45) is 1.57. The first-order valence-corrected chi connectivity index (χ1v) is 6.65. The van der Waals surface area contributed by atoms with Crippen molar-refractivity contribution in [2.75, 3.05) is 0 Å². The summed E-state index contributed by atoms with van der Waals surface area (Å²) in [5.41, 5.74) is 0.444. The van der Waals surface area contributed by atoms with Gasteiger partial charge in [-0.2, -0.15) is 5.10 Å². The van der Waals surface area contributed by atoms with Crippen molar-refractivity contribution < 1.29 is 9.18 Å². The quantitative estimate of drug-likeness (QED) is 0.811. The van der Waals surface area contributed by atoms with E-state index in [1.807, 2.05) is 13.8 Å². The molecule has 0 aliphatic rings. The predicted molar refractivity (Wildman–Crippen MR) is 72.5 cm³/mol.